The quantitative estimate of drug-likeness (QED) is 0.755. The molecule has 1 N–H and O–H groups in total. The second-order valence-corrected chi connectivity index (χ2v) is 8.39. The van der Waals surface area contributed by atoms with Crippen molar-refractivity contribution < 1.29 is 29.0 Å². The molecule has 2 aliphatic carbocycles. The van der Waals surface area contributed by atoms with Crippen LogP contribution in [0.1, 0.15) is 38.3 Å². The number of carbonyl (C=O) groups excluding carboxylic acids is 3. The van der Waals surface area contributed by atoms with Crippen LogP contribution in [0.2, 0.25) is 0 Å². The Bertz CT molecular complexity index is 1190. The second-order valence-electron chi connectivity index (χ2n) is 8.39. The normalized spacial score (nSPS) is 24.2. The van der Waals surface area contributed by atoms with Crippen molar-refractivity contribution in [3.63, 3.8) is 0 Å². The lowest BCUT2D eigenvalue weighted by Gasteiger charge is -2.46. The molecule has 6 heteroatoms. The summed E-state index contributed by atoms with van der Waals surface area (Å²) in [4.78, 5) is 36.8. The Balaban J connectivity index is 1.87. The van der Waals surface area contributed by atoms with E-state index in [1.54, 1.807) is 12.1 Å². The van der Waals surface area contributed by atoms with Crippen molar-refractivity contribution in [3.05, 3.63) is 59.7 Å². The van der Waals surface area contributed by atoms with Crippen molar-refractivity contribution in [1.29, 1.82) is 0 Å². The second kappa shape index (κ2) is 7.08. The first-order valence-corrected chi connectivity index (χ1v) is 10.1. The molecule has 0 bridgehead atoms. The molecule has 2 aromatic carbocycles. The maximum atomic E-state index is 13.4. The fourth-order valence-corrected chi connectivity index (χ4v) is 5.15. The zero-order chi connectivity index (χ0) is 22.6. The molecule has 31 heavy (non-hydrogen) atoms. The summed E-state index contributed by atoms with van der Waals surface area (Å²) >= 11 is 0. The third kappa shape index (κ3) is 2.97. The number of phenolic OH excluding ortho intramolecular Hbond substituents is 1. The molecule has 0 aliphatic heterocycles. The Morgan fingerprint density at radius 3 is 2.55 bits per heavy atom. The third-order valence-electron chi connectivity index (χ3n) is 6.52. The molecule has 0 fully saturated rings. The number of ketones is 1. The van der Waals surface area contributed by atoms with Gasteiger partial charge in [-0.2, -0.15) is 0 Å². The first kappa shape index (κ1) is 20.8. The molecular weight excluding hydrogens is 396 g/mol. The molecule has 2 aliphatic rings. The van der Waals surface area contributed by atoms with E-state index in [2.05, 4.69) is 6.58 Å². The number of aryl methyl sites for hydroxylation is 1. The smallest absolute Gasteiger partial charge is 0.304 e. The summed E-state index contributed by atoms with van der Waals surface area (Å²) in [5.41, 5.74) is 0.820. The minimum absolute atomic E-state index is 0.200. The first-order chi connectivity index (χ1) is 14.6. The van der Waals surface area contributed by atoms with Crippen LogP contribution in [0, 0.1) is 5.41 Å². The van der Waals surface area contributed by atoms with Gasteiger partial charge in [-0.05, 0) is 58.0 Å². The van der Waals surface area contributed by atoms with E-state index in [0.717, 1.165) is 27.5 Å². The highest BCUT2D eigenvalue weighted by Gasteiger charge is 2.64. The van der Waals surface area contributed by atoms with Gasteiger partial charge in [-0.15, -0.1) is 0 Å². The molecule has 0 spiro atoms. The van der Waals surface area contributed by atoms with Gasteiger partial charge in [0, 0.05) is 19.3 Å². The molecular formula is C25H24O6. The summed E-state index contributed by atoms with van der Waals surface area (Å²) in [6, 6.07) is 9.16. The minimum Gasteiger partial charge on any atom is -0.508 e. The predicted molar refractivity (Wildman–Crippen MR) is 115 cm³/mol. The SMILES string of the molecule is C=C1C=C2c3ccc4cc(O)ccc4c3CC[C@]2(C)[C@]1(OC(C)=O)C(=O)COC(C)=O. The maximum absolute atomic E-state index is 13.4. The lowest BCUT2D eigenvalue weighted by Crippen LogP contribution is -2.56. The van der Waals surface area contributed by atoms with Crippen molar-refractivity contribution in [3.8, 4) is 5.75 Å². The van der Waals surface area contributed by atoms with Gasteiger partial charge in [0.15, 0.2) is 6.61 Å². The number of fused-ring (bicyclic) bond motifs is 5. The zero-order valence-corrected chi connectivity index (χ0v) is 17.8. The van der Waals surface area contributed by atoms with E-state index < -0.39 is 35.3 Å². The summed E-state index contributed by atoms with van der Waals surface area (Å²) in [5, 5.41) is 11.8. The molecule has 2 atom stereocenters. The largest absolute Gasteiger partial charge is 0.508 e. The number of hydrogen-bond acceptors (Lipinski definition) is 6. The van der Waals surface area contributed by atoms with Crippen molar-refractivity contribution in [2.24, 2.45) is 5.41 Å². The Morgan fingerprint density at radius 1 is 1.13 bits per heavy atom. The van der Waals surface area contributed by atoms with Crippen LogP contribution in [0.25, 0.3) is 16.3 Å². The number of ether oxygens (including phenoxy) is 2. The van der Waals surface area contributed by atoms with Crippen molar-refractivity contribution in [2.75, 3.05) is 6.61 Å². The van der Waals surface area contributed by atoms with Crippen LogP contribution in [0.15, 0.2) is 48.6 Å². The van der Waals surface area contributed by atoms with E-state index in [-0.39, 0.29) is 5.75 Å². The lowest BCUT2D eigenvalue weighted by molar-refractivity contribution is -0.173. The number of phenols is 1. The number of carbonyl (C=O) groups is 3. The van der Waals surface area contributed by atoms with Gasteiger partial charge in [-0.1, -0.05) is 37.8 Å². The monoisotopic (exact) mass is 420 g/mol. The molecule has 0 saturated carbocycles. The van der Waals surface area contributed by atoms with E-state index in [1.165, 1.54) is 13.8 Å². The number of esters is 2. The van der Waals surface area contributed by atoms with Gasteiger partial charge < -0.3 is 14.6 Å². The standard InChI is InChI=1S/C25H24O6/c1-14-11-22-21-7-5-17-12-18(28)6-8-19(17)20(21)9-10-24(22,4)25(14,31-16(3)27)23(29)13-30-15(2)26/h5-8,11-12,28H,1,9-10,13H2,2-4H3/t24-,25+/m0/s1. The van der Waals surface area contributed by atoms with Gasteiger partial charge in [0.1, 0.15) is 5.75 Å². The molecule has 0 amide bonds. The lowest BCUT2D eigenvalue weighted by atomic mass is 9.61. The Morgan fingerprint density at radius 2 is 1.87 bits per heavy atom. The molecule has 0 radical (unpaired) electrons. The Hall–Kier alpha value is -3.41. The van der Waals surface area contributed by atoms with Crippen LogP contribution in [0.4, 0.5) is 0 Å². The van der Waals surface area contributed by atoms with E-state index >= 15 is 0 Å². The van der Waals surface area contributed by atoms with Crippen LogP contribution < -0.4 is 0 Å². The van der Waals surface area contributed by atoms with Crippen molar-refractivity contribution >= 4 is 34.1 Å². The van der Waals surface area contributed by atoms with Crippen LogP contribution in [0.3, 0.4) is 0 Å². The Labute approximate surface area is 180 Å². The molecule has 0 saturated heterocycles. The zero-order valence-electron chi connectivity index (χ0n) is 17.8. The average Bonchev–Trinajstić information content (AvgIpc) is 2.93. The molecule has 6 nitrogen and oxygen atoms in total. The van der Waals surface area contributed by atoms with E-state index in [9.17, 15) is 19.5 Å². The van der Waals surface area contributed by atoms with Gasteiger partial charge in [-0.25, -0.2) is 0 Å². The van der Waals surface area contributed by atoms with Gasteiger partial charge in [0.25, 0.3) is 0 Å². The highest BCUT2D eigenvalue weighted by atomic mass is 16.6. The highest BCUT2D eigenvalue weighted by Crippen LogP contribution is 2.61. The van der Waals surface area contributed by atoms with Crippen LogP contribution in [-0.4, -0.2) is 35.0 Å². The summed E-state index contributed by atoms with van der Waals surface area (Å²) in [5.74, 6) is -1.50. The number of hydrogen-bond donors (Lipinski definition) is 1. The summed E-state index contributed by atoms with van der Waals surface area (Å²) in [6.45, 7) is 7.96. The molecule has 0 heterocycles. The van der Waals surface area contributed by atoms with Gasteiger partial charge in [0.05, 0.1) is 0 Å². The summed E-state index contributed by atoms with van der Waals surface area (Å²) in [6.07, 6.45) is 2.99. The fraction of sp³-hybridized carbons (Fsp3) is 0.320. The predicted octanol–water partition coefficient (Wildman–Crippen LogP) is 3.89. The number of benzene rings is 2. The van der Waals surface area contributed by atoms with E-state index in [0.29, 0.717) is 18.4 Å². The Kier molecular flexibility index (Phi) is 4.76. The first-order valence-electron chi connectivity index (χ1n) is 10.1. The molecule has 4 rings (SSSR count). The number of aromatic hydroxyl groups is 1. The summed E-state index contributed by atoms with van der Waals surface area (Å²) in [7, 11) is 0. The number of rotatable bonds is 4. The van der Waals surface area contributed by atoms with Crippen molar-refractivity contribution in [1.82, 2.24) is 0 Å². The van der Waals surface area contributed by atoms with Crippen LogP contribution in [-0.2, 0) is 30.3 Å². The third-order valence-corrected chi connectivity index (χ3v) is 6.52. The van der Waals surface area contributed by atoms with E-state index in [4.69, 9.17) is 9.47 Å². The maximum Gasteiger partial charge on any atom is 0.304 e. The number of Topliss-reactive ketones (excluding diaryl/α,β-unsaturated/α-hetero) is 1. The van der Waals surface area contributed by atoms with E-state index in [1.807, 2.05) is 31.2 Å². The van der Waals surface area contributed by atoms with Gasteiger partial charge in [0.2, 0.25) is 11.4 Å². The van der Waals surface area contributed by atoms with Gasteiger partial charge in [-0.3, -0.25) is 14.4 Å². The minimum atomic E-state index is -1.63. The average molecular weight is 420 g/mol. The fourth-order valence-electron chi connectivity index (χ4n) is 5.15. The van der Waals surface area contributed by atoms with Crippen molar-refractivity contribution in [2.45, 2.75) is 39.2 Å². The topological polar surface area (TPSA) is 89.9 Å². The molecule has 160 valence electrons. The molecule has 2 aromatic rings. The molecule has 0 aromatic heterocycles. The van der Waals surface area contributed by atoms with Crippen LogP contribution in [0.5, 0.6) is 5.75 Å². The molecule has 0 unspecified atom stereocenters. The summed E-state index contributed by atoms with van der Waals surface area (Å²) < 4.78 is 10.7. The van der Waals surface area contributed by atoms with Crippen LogP contribution >= 0.6 is 0 Å². The highest BCUT2D eigenvalue weighted by molar-refractivity contribution is 6.04. The van der Waals surface area contributed by atoms with Gasteiger partial charge >= 0.3 is 11.9 Å².